The van der Waals surface area contributed by atoms with Crippen LogP contribution in [0.25, 0.3) is 10.2 Å². The second kappa shape index (κ2) is 3.95. The first kappa shape index (κ1) is 11.0. The van der Waals surface area contributed by atoms with Crippen molar-refractivity contribution in [1.29, 1.82) is 0 Å². The Labute approximate surface area is 105 Å². The van der Waals surface area contributed by atoms with Gasteiger partial charge in [0.2, 0.25) is 0 Å². The van der Waals surface area contributed by atoms with E-state index in [1.807, 2.05) is 6.92 Å². The van der Waals surface area contributed by atoms with Gasteiger partial charge in [0.05, 0.1) is 11.1 Å². The highest BCUT2D eigenvalue weighted by atomic mass is 32.1. The second-order valence-corrected chi connectivity index (χ2v) is 4.97. The van der Waals surface area contributed by atoms with Crippen molar-refractivity contribution < 1.29 is 13.7 Å². The Morgan fingerprint density at radius 1 is 1.33 bits per heavy atom. The van der Waals surface area contributed by atoms with Gasteiger partial charge < -0.3 is 13.7 Å². The minimum atomic E-state index is -0.476. The highest BCUT2D eigenvalue weighted by Gasteiger charge is 2.12. The van der Waals surface area contributed by atoms with Gasteiger partial charge in [-0.25, -0.2) is 4.79 Å². The molecule has 3 rings (SSSR count). The molecule has 0 aromatic carbocycles. The van der Waals surface area contributed by atoms with Crippen molar-refractivity contribution in [3.8, 4) is 12.0 Å². The van der Waals surface area contributed by atoms with Crippen molar-refractivity contribution in [3.63, 3.8) is 0 Å². The molecular weight excluding hydrogens is 256 g/mol. The van der Waals surface area contributed by atoms with Gasteiger partial charge in [0, 0.05) is 10.9 Å². The Kier molecular flexibility index (Phi) is 2.41. The first-order valence-corrected chi connectivity index (χ1v) is 5.96. The van der Waals surface area contributed by atoms with E-state index in [1.54, 1.807) is 19.1 Å². The third-order valence-corrected chi connectivity index (χ3v) is 3.17. The molecule has 0 aliphatic heterocycles. The zero-order valence-corrected chi connectivity index (χ0v) is 10.4. The predicted octanol–water partition coefficient (Wildman–Crippen LogP) is 2.65. The number of aromatic nitrogens is 2. The van der Waals surface area contributed by atoms with E-state index in [2.05, 4.69) is 10.1 Å². The molecule has 3 heterocycles. The summed E-state index contributed by atoms with van der Waals surface area (Å²) >= 11 is 1.40. The van der Waals surface area contributed by atoms with Crippen LogP contribution in [0.5, 0.6) is 12.0 Å². The number of fused-ring (bicyclic) bond motifs is 1. The lowest BCUT2D eigenvalue weighted by molar-refractivity contribution is 0.228. The van der Waals surface area contributed by atoms with Crippen molar-refractivity contribution in [2.24, 2.45) is 0 Å². The maximum absolute atomic E-state index is 11.7. The third kappa shape index (κ3) is 1.88. The van der Waals surface area contributed by atoms with E-state index in [0.717, 1.165) is 4.88 Å². The van der Waals surface area contributed by atoms with E-state index in [9.17, 15) is 4.79 Å². The van der Waals surface area contributed by atoms with Crippen LogP contribution >= 0.6 is 11.3 Å². The minimum absolute atomic E-state index is 0.135. The Morgan fingerprint density at radius 3 is 2.89 bits per heavy atom. The Bertz CT molecular complexity index is 771. The summed E-state index contributed by atoms with van der Waals surface area (Å²) in [6, 6.07) is 3.31. The standard InChI is InChI=1S/C11H8N2O4S/c1-5-3-8(17-13-5)15-11-12-9-7(10(14)16-11)4-6(2)18-9/h3-4H,1-2H3. The Morgan fingerprint density at radius 2 is 2.17 bits per heavy atom. The van der Waals surface area contributed by atoms with Gasteiger partial charge in [0.15, 0.2) is 0 Å². The average molecular weight is 264 g/mol. The van der Waals surface area contributed by atoms with E-state index >= 15 is 0 Å². The maximum Gasteiger partial charge on any atom is 0.405 e. The van der Waals surface area contributed by atoms with Gasteiger partial charge in [-0.3, -0.25) is 0 Å². The topological polar surface area (TPSA) is 78.4 Å². The second-order valence-electron chi connectivity index (χ2n) is 3.73. The summed E-state index contributed by atoms with van der Waals surface area (Å²) in [4.78, 5) is 17.3. The van der Waals surface area contributed by atoms with Gasteiger partial charge in [-0.15, -0.1) is 11.3 Å². The number of hydrogen-bond acceptors (Lipinski definition) is 7. The summed E-state index contributed by atoms with van der Waals surface area (Å²) in [5.41, 5.74) is 0.191. The van der Waals surface area contributed by atoms with Crippen LogP contribution in [0.1, 0.15) is 10.6 Å². The molecule has 0 atom stereocenters. The summed E-state index contributed by atoms with van der Waals surface area (Å²) in [6.45, 7) is 3.65. The molecule has 3 aromatic heterocycles. The van der Waals surface area contributed by atoms with Crippen molar-refractivity contribution in [2.45, 2.75) is 13.8 Å². The molecule has 0 spiro atoms. The summed E-state index contributed by atoms with van der Waals surface area (Å²) in [5.74, 6) is 0.135. The summed E-state index contributed by atoms with van der Waals surface area (Å²) in [5, 5.41) is 4.11. The quantitative estimate of drug-likeness (QED) is 0.708. The highest BCUT2D eigenvalue weighted by Crippen LogP contribution is 2.25. The number of aryl methyl sites for hydroxylation is 2. The zero-order chi connectivity index (χ0) is 12.7. The zero-order valence-electron chi connectivity index (χ0n) is 9.59. The van der Waals surface area contributed by atoms with Gasteiger partial charge in [-0.2, -0.15) is 4.98 Å². The smallest absolute Gasteiger partial charge is 0.375 e. The Balaban J connectivity index is 2.04. The van der Waals surface area contributed by atoms with Gasteiger partial charge in [0.25, 0.3) is 0 Å². The molecule has 18 heavy (non-hydrogen) atoms. The molecule has 92 valence electrons. The van der Waals surface area contributed by atoms with E-state index < -0.39 is 5.63 Å². The number of nitrogens with zero attached hydrogens (tertiary/aromatic N) is 2. The van der Waals surface area contributed by atoms with Crippen molar-refractivity contribution in [1.82, 2.24) is 10.1 Å². The van der Waals surface area contributed by atoms with E-state index in [0.29, 0.717) is 15.9 Å². The molecule has 0 fully saturated rings. The van der Waals surface area contributed by atoms with Crippen molar-refractivity contribution in [3.05, 3.63) is 33.1 Å². The van der Waals surface area contributed by atoms with Crippen LogP contribution < -0.4 is 10.4 Å². The lowest BCUT2D eigenvalue weighted by Gasteiger charge is -1.96. The molecule has 6 nitrogen and oxygen atoms in total. The number of rotatable bonds is 2. The van der Waals surface area contributed by atoms with Gasteiger partial charge >= 0.3 is 17.6 Å². The molecule has 0 bridgehead atoms. The van der Waals surface area contributed by atoms with Crippen LogP contribution in [-0.2, 0) is 0 Å². The SMILES string of the molecule is Cc1cc(Oc2nc3sc(C)cc3c(=O)o2)on1. The summed E-state index contributed by atoms with van der Waals surface area (Å²) in [6.07, 6.45) is -0.148. The fourth-order valence-corrected chi connectivity index (χ4v) is 2.34. The molecule has 0 amide bonds. The Hall–Kier alpha value is -2.15. The van der Waals surface area contributed by atoms with Crippen LogP contribution in [0, 0.1) is 13.8 Å². The first-order valence-electron chi connectivity index (χ1n) is 5.14. The lowest BCUT2D eigenvalue weighted by Crippen LogP contribution is -2.00. The molecule has 0 aliphatic rings. The van der Waals surface area contributed by atoms with Gasteiger partial charge in [0.1, 0.15) is 4.83 Å². The lowest BCUT2D eigenvalue weighted by atomic mass is 10.4. The largest absolute Gasteiger partial charge is 0.405 e. The minimum Gasteiger partial charge on any atom is -0.375 e. The molecule has 0 radical (unpaired) electrons. The fraction of sp³-hybridized carbons (Fsp3) is 0.182. The maximum atomic E-state index is 11.7. The van der Waals surface area contributed by atoms with Crippen LogP contribution in [0.2, 0.25) is 0 Å². The predicted molar refractivity (Wildman–Crippen MR) is 64.2 cm³/mol. The van der Waals surface area contributed by atoms with Crippen molar-refractivity contribution in [2.75, 3.05) is 0 Å². The van der Waals surface area contributed by atoms with Gasteiger partial charge in [-0.1, -0.05) is 5.16 Å². The average Bonchev–Trinajstić information content (AvgIpc) is 2.85. The molecule has 0 saturated heterocycles. The molecule has 7 heteroatoms. The van der Waals surface area contributed by atoms with Crippen LogP contribution in [0.15, 0.2) is 25.9 Å². The molecular formula is C11H8N2O4S. The number of thiophene rings is 1. The molecule has 0 saturated carbocycles. The molecule has 0 N–H and O–H groups in total. The molecule has 0 unspecified atom stereocenters. The monoisotopic (exact) mass is 264 g/mol. The number of ether oxygens (including phenoxy) is 1. The normalized spacial score (nSPS) is 11.0. The highest BCUT2D eigenvalue weighted by molar-refractivity contribution is 7.18. The van der Waals surface area contributed by atoms with E-state index in [1.165, 1.54) is 11.3 Å². The van der Waals surface area contributed by atoms with Gasteiger partial charge in [-0.05, 0) is 19.9 Å². The van der Waals surface area contributed by atoms with Crippen molar-refractivity contribution >= 4 is 21.6 Å². The van der Waals surface area contributed by atoms with E-state index in [4.69, 9.17) is 13.7 Å². The molecule has 0 aliphatic carbocycles. The van der Waals surface area contributed by atoms with Crippen LogP contribution in [0.4, 0.5) is 0 Å². The first-order chi connectivity index (χ1) is 8.61. The fourth-order valence-electron chi connectivity index (χ4n) is 1.49. The van der Waals surface area contributed by atoms with Crippen LogP contribution in [0.3, 0.4) is 0 Å². The van der Waals surface area contributed by atoms with Crippen LogP contribution in [-0.4, -0.2) is 10.1 Å². The summed E-state index contributed by atoms with van der Waals surface area (Å²) < 4.78 is 15.0. The third-order valence-electron chi connectivity index (χ3n) is 2.22. The molecule has 3 aromatic rings. The summed E-state index contributed by atoms with van der Waals surface area (Å²) in [7, 11) is 0. The number of hydrogen-bond donors (Lipinski definition) is 0. The van der Waals surface area contributed by atoms with E-state index in [-0.39, 0.29) is 12.0 Å².